The van der Waals surface area contributed by atoms with Crippen molar-refractivity contribution in [3.8, 4) is 0 Å². The Balaban J connectivity index is 2.22. The molecule has 1 aliphatic heterocycles. The lowest BCUT2D eigenvalue weighted by Gasteiger charge is -2.13. The number of benzene rings is 1. The van der Waals surface area contributed by atoms with E-state index in [-0.39, 0.29) is 32.9 Å². The minimum atomic E-state index is -3.95. The van der Waals surface area contributed by atoms with E-state index in [9.17, 15) is 16.8 Å². The van der Waals surface area contributed by atoms with Crippen molar-refractivity contribution in [2.45, 2.75) is 23.0 Å². The highest BCUT2D eigenvalue weighted by atomic mass is 35.5. The van der Waals surface area contributed by atoms with Crippen molar-refractivity contribution in [1.29, 1.82) is 0 Å². The van der Waals surface area contributed by atoms with Crippen LogP contribution < -0.4 is 10.5 Å². The molecule has 1 aromatic rings. The second-order valence-electron chi connectivity index (χ2n) is 4.76. The Morgan fingerprint density at radius 1 is 1.33 bits per heavy atom. The summed E-state index contributed by atoms with van der Waals surface area (Å²) < 4.78 is 50.0. The van der Waals surface area contributed by atoms with E-state index in [0.717, 1.165) is 0 Å². The number of sulfonamides is 1. The smallest absolute Gasteiger partial charge is 0.242 e. The van der Waals surface area contributed by atoms with Crippen LogP contribution in [0.25, 0.3) is 0 Å². The molecular weight excluding hydrogens is 359 g/mol. The maximum Gasteiger partial charge on any atom is 0.242 e. The molecule has 1 aromatic carbocycles. The number of nitrogens with one attached hydrogen (secondary N) is 1. The molecule has 2 rings (SSSR count). The van der Waals surface area contributed by atoms with Crippen LogP contribution in [0.2, 0.25) is 10.0 Å². The Kier molecular flexibility index (Phi) is 4.75. The first kappa shape index (κ1) is 16.8. The minimum Gasteiger partial charge on any atom is -0.396 e. The van der Waals surface area contributed by atoms with Gasteiger partial charge in [-0.1, -0.05) is 23.2 Å². The van der Waals surface area contributed by atoms with Crippen LogP contribution in [0.15, 0.2) is 17.0 Å². The first-order chi connectivity index (χ1) is 9.65. The Morgan fingerprint density at radius 3 is 2.57 bits per heavy atom. The maximum atomic E-state index is 12.2. The van der Waals surface area contributed by atoms with Crippen LogP contribution in [-0.4, -0.2) is 34.4 Å². The summed E-state index contributed by atoms with van der Waals surface area (Å²) in [5, 5.41) is -0.725. The highest BCUT2D eigenvalue weighted by Crippen LogP contribution is 2.33. The van der Waals surface area contributed by atoms with E-state index in [1.54, 1.807) is 0 Å². The zero-order valence-corrected chi connectivity index (χ0v) is 14.0. The number of halogens is 2. The van der Waals surface area contributed by atoms with Crippen LogP contribution >= 0.6 is 23.2 Å². The van der Waals surface area contributed by atoms with Crippen molar-refractivity contribution in [2.75, 3.05) is 18.0 Å². The Hall–Kier alpha value is -0.540. The normalized spacial score (nSPS) is 21.5. The van der Waals surface area contributed by atoms with Crippen LogP contribution in [-0.2, 0) is 19.9 Å². The van der Waals surface area contributed by atoms with Gasteiger partial charge >= 0.3 is 0 Å². The van der Waals surface area contributed by atoms with E-state index in [2.05, 4.69) is 4.72 Å². The van der Waals surface area contributed by atoms with Gasteiger partial charge in [-0.05, 0) is 25.0 Å². The van der Waals surface area contributed by atoms with Gasteiger partial charge in [0.1, 0.15) is 4.90 Å². The molecule has 1 saturated heterocycles. The molecule has 21 heavy (non-hydrogen) atoms. The topological polar surface area (TPSA) is 106 Å². The number of sulfone groups is 1. The zero-order chi connectivity index (χ0) is 15.8. The number of hydrogen-bond donors (Lipinski definition) is 2. The van der Waals surface area contributed by atoms with Gasteiger partial charge in [-0.2, -0.15) is 0 Å². The second kappa shape index (κ2) is 5.92. The number of rotatable bonds is 4. The lowest BCUT2D eigenvalue weighted by atomic mass is 10.2. The summed E-state index contributed by atoms with van der Waals surface area (Å²) in [5.41, 5.74) is 5.56. The molecule has 0 aromatic heterocycles. The SMILES string of the molecule is Nc1c(Cl)ccc(S(=O)(=O)NCC2CCCS2(=O)=O)c1Cl. The fourth-order valence-electron chi connectivity index (χ4n) is 2.12. The fraction of sp³-hybridized carbons (Fsp3) is 0.455. The van der Waals surface area contributed by atoms with Crippen molar-refractivity contribution in [3.05, 3.63) is 22.2 Å². The number of nitrogen functional groups attached to an aromatic ring is 1. The summed E-state index contributed by atoms with van der Waals surface area (Å²) in [7, 11) is -7.18. The fourth-order valence-corrected chi connectivity index (χ4v) is 5.84. The standard InChI is InChI=1S/C11H14Cl2N2O4S2/c12-8-3-4-9(10(13)11(8)14)21(18,19)15-6-7-2-1-5-20(7,16)17/h3-4,7,15H,1-2,5-6,14H2. The molecule has 0 amide bonds. The van der Waals surface area contributed by atoms with Crippen molar-refractivity contribution >= 4 is 48.7 Å². The molecule has 0 saturated carbocycles. The maximum absolute atomic E-state index is 12.2. The predicted molar refractivity (Wildman–Crippen MR) is 82.9 cm³/mol. The van der Waals surface area contributed by atoms with E-state index in [4.69, 9.17) is 28.9 Å². The predicted octanol–water partition coefficient (Wildman–Crippen LogP) is 1.43. The van der Waals surface area contributed by atoms with E-state index in [0.29, 0.717) is 12.8 Å². The Labute approximate surface area is 133 Å². The third kappa shape index (κ3) is 3.45. The molecule has 1 fully saturated rings. The summed E-state index contributed by atoms with van der Waals surface area (Å²) in [4.78, 5) is -0.221. The van der Waals surface area contributed by atoms with Crippen molar-refractivity contribution in [2.24, 2.45) is 0 Å². The van der Waals surface area contributed by atoms with Gasteiger partial charge in [0.15, 0.2) is 9.84 Å². The van der Waals surface area contributed by atoms with Gasteiger partial charge in [0.2, 0.25) is 10.0 Å². The van der Waals surface area contributed by atoms with Gasteiger partial charge in [0.25, 0.3) is 0 Å². The van der Waals surface area contributed by atoms with Crippen LogP contribution in [0.1, 0.15) is 12.8 Å². The summed E-state index contributed by atoms with van der Waals surface area (Å²) in [6.07, 6.45) is 0.991. The molecular formula is C11H14Cl2N2O4S2. The lowest BCUT2D eigenvalue weighted by molar-refractivity contribution is 0.571. The van der Waals surface area contributed by atoms with Gasteiger partial charge in [-0.3, -0.25) is 0 Å². The average molecular weight is 373 g/mol. The average Bonchev–Trinajstić information content (AvgIpc) is 2.72. The quantitative estimate of drug-likeness (QED) is 0.777. The zero-order valence-electron chi connectivity index (χ0n) is 10.8. The molecule has 0 spiro atoms. The highest BCUT2D eigenvalue weighted by Gasteiger charge is 2.32. The monoisotopic (exact) mass is 372 g/mol. The Morgan fingerprint density at radius 2 is 2.00 bits per heavy atom. The first-order valence-electron chi connectivity index (χ1n) is 6.10. The second-order valence-corrected chi connectivity index (χ2v) is 9.68. The highest BCUT2D eigenvalue weighted by molar-refractivity contribution is 7.92. The number of nitrogens with two attached hydrogens (primary N) is 1. The molecule has 0 bridgehead atoms. The van der Waals surface area contributed by atoms with E-state index < -0.39 is 25.1 Å². The van der Waals surface area contributed by atoms with Gasteiger partial charge in [0.05, 0.1) is 26.7 Å². The van der Waals surface area contributed by atoms with Crippen LogP contribution in [0, 0.1) is 0 Å². The van der Waals surface area contributed by atoms with Gasteiger partial charge in [0, 0.05) is 6.54 Å². The van der Waals surface area contributed by atoms with E-state index >= 15 is 0 Å². The lowest BCUT2D eigenvalue weighted by Crippen LogP contribution is -2.34. The summed E-state index contributed by atoms with van der Waals surface area (Å²) >= 11 is 11.6. The summed E-state index contributed by atoms with van der Waals surface area (Å²) in [5.74, 6) is 0.0913. The molecule has 1 aliphatic rings. The van der Waals surface area contributed by atoms with Crippen molar-refractivity contribution < 1.29 is 16.8 Å². The van der Waals surface area contributed by atoms with Crippen molar-refractivity contribution in [1.82, 2.24) is 4.72 Å². The molecule has 118 valence electrons. The third-order valence-corrected chi connectivity index (χ3v) is 7.94. The van der Waals surface area contributed by atoms with Gasteiger partial charge in [-0.15, -0.1) is 0 Å². The van der Waals surface area contributed by atoms with Crippen LogP contribution in [0.5, 0.6) is 0 Å². The summed E-state index contributed by atoms with van der Waals surface area (Å²) in [6, 6.07) is 2.55. The molecule has 10 heteroatoms. The molecule has 1 heterocycles. The number of hydrogen-bond acceptors (Lipinski definition) is 5. The molecule has 0 aliphatic carbocycles. The van der Waals surface area contributed by atoms with Crippen molar-refractivity contribution in [3.63, 3.8) is 0 Å². The molecule has 6 nitrogen and oxygen atoms in total. The van der Waals surface area contributed by atoms with Gasteiger partial charge < -0.3 is 5.73 Å². The Bertz CT molecular complexity index is 763. The van der Waals surface area contributed by atoms with Gasteiger partial charge in [-0.25, -0.2) is 21.6 Å². The minimum absolute atomic E-state index is 0.0327. The van der Waals surface area contributed by atoms with Crippen LogP contribution in [0.4, 0.5) is 5.69 Å². The summed E-state index contributed by atoms with van der Waals surface area (Å²) in [6.45, 7) is -0.177. The molecule has 1 unspecified atom stereocenters. The molecule has 3 N–H and O–H groups in total. The van der Waals surface area contributed by atoms with E-state index in [1.165, 1.54) is 12.1 Å². The number of anilines is 1. The van der Waals surface area contributed by atoms with Crippen LogP contribution in [0.3, 0.4) is 0 Å². The largest absolute Gasteiger partial charge is 0.396 e. The first-order valence-corrected chi connectivity index (χ1v) is 10.1. The third-order valence-electron chi connectivity index (χ3n) is 3.34. The molecule has 1 atom stereocenters. The molecule has 0 radical (unpaired) electrons. The van der Waals surface area contributed by atoms with E-state index in [1.807, 2.05) is 0 Å².